The van der Waals surface area contributed by atoms with E-state index in [1.54, 1.807) is 29.9 Å². The van der Waals surface area contributed by atoms with Crippen LogP contribution in [0.15, 0.2) is 85.0 Å². The molecule has 4 aromatic rings. The Morgan fingerprint density at radius 1 is 1.11 bits per heavy atom. The number of rotatable bonds is 3. The first-order valence-electron chi connectivity index (χ1n) is 11.4. The number of phenolic OH excluding ortho intramolecular Hbond substituents is 1. The minimum Gasteiger partial charge on any atom is -0.506 e. The molecule has 1 aromatic heterocycles. The highest BCUT2D eigenvalue weighted by Crippen LogP contribution is 2.43. The minimum atomic E-state index is -0.328. The van der Waals surface area contributed by atoms with Gasteiger partial charge in [0.05, 0.1) is 27.9 Å². The van der Waals surface area contributed by atoms with E-state index in [0.29, 0.717) is 19.4 Å². The number of benzene rings is 3. The van der Waals surface area contributed by atoms with Crippen LogP contribution < -0.4 is 19.6 Å². The lowest BCUT2D eigenvalue weighted by molar-refractivity contribution is 0.402. The fourth-order valence-corrected chi connectivity index (χ4v) is 7.28. The largest absolute Gasteiger partial charge is 0.506 e. The lowest BCUT2D eigenvalue weighted by atomic mass is 9.83. The zero-order valence-corrected chi connectivity index (χ0v) is 23.2. The fourth-order valence-electron chi connectivity index (χ4n) is 5.03. The van der Waals surface area contributed by atoms with Gasteiger partial charge in [0.1, 0.15) is 11.5 Å². The van der Waals surface area contributed by atoms with Gasteiger partial charge in [0.15, 0.2) is 4.80 Å². The molecule has 6 rings (SSSR count). The lowest BCUT2D eigenvalue weighted by Gasteiger charge is -2.31. The molecular weight excluding hydrogens is 604 g/mol. The van der Waals surface area contributed by atoms with Crippen molar-refractivity contribution in [2.75, 3.05) is 7.11 Å². The number of thiazole rings is 1. The maximum absolute atomic E-state index is 13.9. The molecule has 0 bridgehead atoms. The zero-order valence-electron chi connectivity index (χ0n) is 19.2. The second kappa shape index (κ2) is 9.18. The summed E-state index contributed by atoms with van der Waals surface area (Å²) in [7, 11) is 1.65. The molecule has 1 atom stereocenters. The van der Waals surface area contributed by atoms with Gasteiger partial charge in [-0.1, -0.05) is 69.7 Å². The first-order chi connectivity index (χ1) is 17.5. The Bertz CT molecular complexity index is 1750. The van der Waals surface area contributed by atoms with Gasteiger partial charge < -0.3 is 9.84 Å². The van der Waals surface area contributed by atoms with Gasteiger partial charge in [0.2, 0.25) is 0 Å². The number of aromatic nitrogens is 1. The van der Waals surface area contributed by atoms with Crippen molar-refractivity contribution < 1.29 is 9.84 Å². The van der Waals surface area contributed by atoms with E-state index >= 15 is 0 Å². The molecule has 180 valence electrons. The van der Waals surface area contributed by atoms with Crippen LogP contribution in [-0.2, 0) is 6.42 Å². The van der Waals surface area contributed by atoms with Gasteiger partial charge in [-0.15, -0.1) is 0 Å². The Balaban J connectivity index is 1.66. The molecule has 0 spiro atoms. The van der Waals surface area contributed by atoms with E-state index in [0.717, 1.165) is 45.5 Å². The molecular formula is C28H20Br2N2O3S. The maximum atomic E-state index is 13.9. The van der Waals surface area contributed by atoms with Gasteiger partial charge in [-0.2, -0.15) is 0 Å². The second-order valence-corrected chi connectivity index (χ2v) is 11.5. The van der Waals surface area contributed by atoms with Crippen molar-refractivity contribution >= 4 is 55.0 Å². The van der Waals surface area contributed by atoms with Crippen molar-refractivity contribution in [2.24, 2.45) is 4.99 Å². The summed E-state index contributed by atoms with van der Waals surface area (Å²) in [6.45, 7) is 0. The number of aromatic hydroxyl groups is 1. The minimum absolute atomic E-state index is 0.0820. The molecule has 36 heavy (non-hydrogen) atoms. The molecule has 1 unspecified atom stereocenters. The van der Waals surface area contributed by atoms with E-state index in [9.17, 15) is 9.90 Å². The van der Waals surface area contributed by atoms with Crippen LogP contribution in [0.2, 0.25) is 0 Å². The Morgan fingerprint density at radius 3 is 2.72 bits per heavy atom. The highest BCUT2D eigenvalue weighted by atomic mass is 79.9. The smallest absolute Gasteiger partial charge is 0.271 e. The van der Waals surface area contributed by atoms with Crippen LogP contribution in [0.25, 0.3) is 11.8 Å². The Hall–Kier alpha value is -2.94. The summed E-state index contributed by atoms with van der Waals surface area (Å²) in [5.74, 6) is 0.816. The van der Waals surface area contributed by atoms with Gasteiger partial charge in [-0.05, 0) is 64.2 Å². The molecule has 8 heteroatoms. The molecule has 2 heterocycles. The Labute approximate surface area is 228 Å². The van der Waals surface area contributed by atoms with Gasteiger partial charge >= 0.3 is 0 Å². The van der Waals surface area contributed by atoms with E-state index in [1.807, 2.05) is 30.3 Å². The Morgan fingerprint density at radius 2 is 1.89 bits per heavy atom. The Kier molecular flexibility index (Phi) is 5.98. The average Bonchev–Trinajstić information content (AvgIpc) is 3.20. The van der Waals surface area contributed by atoms with Crippen molar-refractivity contribution in [3.05, 3.63) is 117 Å². The number of hydrogen-bond donors (Lipinski definition) is 1. The molecule has 1 N–H and O–H groups in total. The van der Waals surface area contributed by atoms with Crippen molar-refractivity contribution in [1.29, 1.82) is 0 Å². The van der Waals surface area contributed by atoms with Crippen molar-refractivity contribution in [2.45, 2.75) is 18.9 Å². The van der Waals surface area contributed by atoms with Crippen LogP contribution >= 0.6 is 43.2 Å². The number of phenols is 1. The number of ether oxygens (including phenoxy) is 1. The van der Waals surface area contributed by atoms with Crippen LogP contribution in [0.1, 0.15) is 34.7 Å². The number of methoxy groups -OCH3 is 1. The summed E-state index contributed by atoms with van der Waals surface area (Å²) < 4.78 is 9.36. The standard InChI is InChI=1S/C28H20Br2N2O3S/c1-35-22-9-5-4-8-19(22)25-20-11-10-15-6-2-3-7-18(15)24(20)31-28-32(25)27(34)23(36-28)13-16-12-17(29)14-21(30)26(16)33/h2-9,12-14,25,33H,10-11H2,1H3. The van der Waals surface area contributed by atoms with Crippen LogP contribution in [0.4, 0.5) is 0 Å². The highest BCUT2D eigenvalue weighted by Gasteiger charge is 2.34. The number of para-hydroxylation sites is 1. The second-order valence-electron chi connectivity index (χ2n) is 8.68. The number of fused-ring (bicyclic) bond motifs is 3. The van der Waals surface area contributed by atoms with E-state index in [1.165, 1.54) is 16.9 Å². The van der Waals surface area contributed by atoms with E-state index in [-0.39, 0.29) is 17.4 Å². The molecule has 0 amide bonds. The van der Waals surface area contributed by atoms with Crippen LogP contribution in [0, 0.1) is 0 Å². The van der Waals surface area contributed by atoms with E-state index < -0.39 is 0 Å². The number of hydrogen-bond acceptors (Lipinski definition) is 5. The molecule has 0 saturated carbocycles. The SMILES string of the molecule is COc1ccccc1C1C2=C(N=c3sc(=Cc4cc(Br)cc(Br)c4O)c(=O)n31)c1ccccc1CC2. The molecule has 5 nitrogen and oxygen atoms in total. The van der Waals surface area contributed by atoms with Gasteiger partial charge in [-0.3, -0.25) is 9.36 Å². The first kappa shape index (κ1) is 23.5. The molecule has 0 fully saturated rings. The summed E-state index contributed by atoms with van der Waals surface area (Å²) in [4.78, 5) is 19.6. The fraction of sp³-hybridized carbons (Fsp3) is 0.143. The molecule has 3 aromatic carbocycles. The van der Waals surface area contributed by atoms with Crippen molar-refractivity contribution in [1.82, 2.24) is 4.57 Å². The summed E-state index contributed by atoms with van der Waals surface area (Å²) in [5.41, 5.74) is 5.77. The molecule has 0 radical (unpaired) electrons. The molecule has 1 aliphatic heterocycles. The monoisotopic (exact) mass is 622 g/mol. The summed E-state index contributed by atoms with van der Waals surface area (Å²) in [5, 5.41) is 10.6. The quantitative estimate of drug-likeness (QED) is 0.325. The molecule has 0 saturated heterocycles. The zero-order chi connectivity index (χ0) is 25.0. The van der Waals surface area contributed by atoms with E-state index in [2.05, 4.69) is 50.1 Å². The van der Waals surface area contributed by atoms with Crippen molar-refractivity contribution in [3.63, 3.8) is 0 Å². The lowest BCUT2D eigenvalue weighted by Crippen LogP contribution is -2.39. The number of halogens is 2. The maximum Gasteiger partial charge on any atom is 0.271 e. The summed E-state index contributed by atoms with van der Waals surface area (Å²) >= 11 is 8.18. The van der Waals surface area contributed by atoms with Crippen LogP contribution in [0.5, 0.6) is 11.5 Å². The third kappa shape index (κ3) is 3.79. The topological polar surface area (TPSA) is 63.8 Å². The third-order valence-electron chi connectivity index (χ3n) is 6.65. The predicted octanol–water partition coefficient (Wildman–Crippen LogP) is 5.56. The van der Waals surface area contributed by atoms with Crippen LogP contribution in [-0.4, -0.2) is 16.8 Å². The first-order valence-corrected chi connectivity index (χ1v) is 13.8. The van der Waals surface area contributed by atoms with E-state index in [4.69, 9.17) is 9.73 Å². The number of allylic oxidation sites excluding steroid dienone is 1. The molecule has 1 aliphatic carbocycles. The summed E-state index contributed by atoms with van der Waals surface area (Å²) in [6, 6.07) is 19.4. The highest BCUT2D eigenvalue weighted by molar-refractivity contribution is 9.11. The number of nitrogens with zero attached hydrogens (tertiary/aromatic N) is 2. The third-order valence-corrected chi connectivity index (χ3v) is 8.70. The van der Waals surface area contributed by atoms with Gasteiger partial charge in [0.25, 0.3) is 5.56 Å². The average molecular weight is 624 g/mol. The summed E-state index contributed by atoms with van der Waals surface area (Å²) in [6.07, 6.45) is 3.42. The van der Waals surface area contributed by atoms with Crippen LogP contribution in [0.3, 0.4) is 0 Å². The van der Waals surface area contributed by atoms with Gasteiger partial charge in [0, 0.05) is 21.2 Å². The predicted molar refractivity (Wildman–Crippen MR) is 149 cm³/mol. The normalized spacial score (nSPS) is 16.8. The van der Waals surface area contributed by atoms with Crippen molar-refractivity contribution in [3.8, 4) is 11.5 Å². The van der Waals surface area contributed by atoms with Gasteiger partial charge in [-0.25, -0.2) is 4.99 Å². The molecule has 2 aliphatic rings. The number of aryl methyl sites for hydroxylation is 1.